The van der Waals surface area contributed by atoms with Crippen molar-refractivity contribution in [2.24, 2.45) is 0 Å². The third-order valence-corrected chi connectivity index (χ3v) is 3.30. The molecule has 1 aromatic heterocycles. The molecular formula is C15H14ClFN2O. The summed E-state index contributed by atoms with van der Waals surface area (Å²) < 4.78 is 12.9. The molecule has 0 aliphatic carbocycles. The van der Waals surface area contributed by atoms with Crippen LogP contribution in [0.1, 0.15) is 21.6 Å². The molecule has 3 nitrogen and oxygen atoms in total. The molecule has 0 unspecified atom stereocenters. The van der Waals surface area contributed by atoms with Crippen molar-refractivity contribution in [2.45, 2.75) is 13.3 Å². The van der Waals surface area contributed by atoms with Gasteiger partial charge in [0.2, 0.25) is 0 Å². The molecule has 0 fully saturated rings. The zero-order valence-electron chi connectivity index (χ0n) is 11.0. The Morgan fingerprint density at radius 2 is 2.20 bits per heavy atom. The first kappa shape index (κ1) is 14.5. The predicted octanol–water partition coefficient (Wildman–Crippen LogP) is 3.16. The number of aromatic nitrogens is 1. The SMILES string of the molecule is Cc1ncccc1C(=O)NCCc1ccc(F)cc1Cl. The van der Waals surface area contributed by atoms with Crippen molar-refractivity contribution < 1.29 is 9.18 Å². The van der Waals surface area contributed by atoms with Gasteiger partial charge in [-0.2, -0.15) is 0 Å². The first-order chi connectivity index (χ1) is 9.58. The molecule has 2 rings (SSSR count). The van der Waals surface area contributed by atoms with Crippen molar-refractivity contribution in [1.29, 1.82) is 0 Å². The van der Waals surface area contributed by atoms with Crippen LogP contribution in [-0.2, 0) is 6.42 Å². The van der Waals surface area contributed by atoms with Gasteiger partial charge in [-0.3, -0.25) is 9.78 Å². The number of halogens is 2. The van der Waals surface area contributed by atoms with Crippen LogP contribution >= 0.6 is 11.6 Å². The Labute approximate surface area is 121 Å². The summed E-state index contributed by atoms with van der Waals surface area (Å²) in [6.07, 6.45) is 2.19. The molecule has 1 heterocycles. The van der Waals surface area contributed by atoms with Crippen LogP contribution in [-0.4, -0.2) is 17.4 Å². The number of carbonyl (C=O) groups is 1. The summed E-state index contributed by atoms with van der Waals surface area (Å²) in [5.74, 6) is -0.539. The number of benzene rings is 1. The van der Waals surface area contributed by atoms with Crippen molar-refractivity contribution in [2.75, 3.05) is 6.54 Å². The number of carbonyl (C=O) groups excluding carboxylic acids is 1. The van der Waals surface area contributed by atoms with Crippen LogP contribution in [0.3, 0.4) is 0 Å². The normalized spacial score (nSPS) is 10.3. The van der Waals surface area contributed by atoms with Gasteiger partial charge in [-0.25, -0.2) is 4.39 Å². The molecule has 0 spiro atoms. The number of nitrogens with one attached hydrogen (secondary N) is 1. The average Bonchev–Trinajstić information content (AvgIpc) is 2.41. The summed E-state index contributed by atoms with van der Waals surface area (Å²) in [6, 6.07) is 7.69. The second kappa shape index (κ2) is 6.48. The lowest BCUT2D eigenvalue weighted by molar-refractivity contribution is 0.0953. The first-order valence-corrected chi connectivity index (χ1v) is 6.59. The zero-order valence-corrected chi connectivity index (χ0v) is 11.7. The zero-order chi connectivity index (χ0) is 14.5. The van der Waals surface area contributed by atoms with E-state index in [2.05, 4.69) is 10.3 Å². The minimum absolute atomic E-state index is 0.172. The number of hydrogen-bond acceptors (Lipinski definition) is 2. The van der Waals surface area contributed by atoms with Crippen molar-refractivity contribution in [3.63, 3.8) is 0 Å². The van der Waals surface area contributed by atoms with Gasteiger partial charge in [-0.1, -0.05) is 17.7 Å². The highest BCUT2D eigenvalue weighted by molar-refractivity contribution is 6.31. The van der Waals surface area contributed by atoms with E-state index < -0.39 is 0 Å². The molecule has 0 saturated heterocycles. The summed E-state index contributed by atoms with van der Waals surface area (Å²) in [4.78, 5) is 16.0. The number of rotatable bonds is 4. The number of pyridine rings is 1. The monoisotopic (exact) mass is 292 g/mol. The van der Waals surface area contributed by atoms with Gasteiger partial charge in [-0.15, -0.1) is 0 Å². The van der Waals surface area contributed by atoms with E-state index in [1.54, 1.807) is 31.3 Å². The van der Waals surface area contributed by atoms with Crippen molar-refractivity contribution in [3.8, 4) is 0 Å². The van der Waals surface area contributed by atoms with Crippen LogP contribution in [0.25, 0.3) is 0 Å². The van der Waals surface area contributed by atoms with E-state index in [1.807, 2.05) is 0 Å². The fourth-order valence-electron chi connectivity index (χ4n) is 1.85. The minimum Gasteiger partial charge on any atom is -0.352 e. The highest BCUT2D eigenvalue weighted by Crippen LogP contribution is 2.17. The molecule has 20 heavy (non-hydrogen) atoms. The van der Waals surface area contributed by atoms with Crippen molar-refractivity contribution in [1.82, 2.24) is 10.3 Å². The topological polar surface area (TPSA) is 42.0 Å². The third kappa shape index (κ3) is 3.54. The fraction of sp³-hybridized carbons (Fsp3) is 0.200. The van der Waals surface area contributed by atoms with Crippen LogP contribution in [0.4, 0.5) is 4.39 Å². The van der Waals surface area contributed by atoms with E-state index in [0.717, 1.165) is 5.56 Å². The summed E-state index contributed by atoms with van der Waals surface area (Å²) >= 11 is 5.92. The maximum atomic E-state index is 12.9. The van der Waals surface area contributed by atoms with Crippen LogP contribution in [0, 0.1) is 12.7 Å². The summed E-state index contributed by atoms with van der Waals surface area (Å²) in [5.41, 5.74) is 2.04. The van der Waals surface area contributed by atoms with Crippen LogP contribution in [0.2, 0.25) is 5.02 Å². The van der Waals surface area contributed by atoms with E-state index in [-0.39, 0.29) is 11.7 Å². The molecular weight excluding hydrogens is 279 g/mol. The smallest absolute Gasteiger partial charge is 0.253 e. The Kier molecular flexibility index (Phi) is 4.69. The van der Waals surface area contributed by atoms with Crippen LogP contribution in [0.5, 0.6) is 0 Å². The average molecular weight is 293 g/mol. The lowest BCUT2D eigenvalue weighted by atomic mass is 10.1. The van der Waals surface area contributed by atoms with Crippen molar-refractivity contribution >= 4 is 17.5 Å². The molecule has 1 N–H and O–H groups in total. The molecule has 5 heteroatoms. The highest BCUT2D eigenvalue weighted by atomic mass is 35.5. The van der Waals surface area contributed by atoms with Crippen molar-refractivity contribution in [3.05, 3.63) is 64.2 Å². The lowest BCUT2D eigenvalue weighted by Gasteiger charge is -2.08. The highest BCUT2D eigenvalue weighted by Gasteiger charge is 2.09. The van der Waals surface area contributed by atoms with Gasteiger partial charge in [0.05, 0.1) is 5.56 Å². The summed E-state index contributed by atoms with van der Waals surface area (Å²) in [7, 11) is 0. The molecule has 0 aliphatic heterocycles. The molecule has 0 saturated carbocycles. The second-order valence-electron chi connectivity index (χ2n) is 4.38. The van der Waals surface area contributed by atoms with E-state index in [9.17, 15) is 9.18 Å². The van der Waals surface area contributed by atoms with Gasteiger partial charge in [0.25, 0.3) is 5.91 Å². The largest absolute Gasteiger partial charge is 0.352 e. The minimum atomic E-state index is -0.367. The fourth-order valence-corrected chi connectivity index (χ4v) is 2.12. The third-order valence-electron chi connectivity index (χ3n) is 2.95. The second-order valence-corrected chi connectivity index (χ2v) is 4.79. The Hall–Kier alpha value is -1.94. The molecule has 104 valence electrons. The summed E-state index contributed by atoms with van der Waals surface area (Å²) in [5, 5.41) is 3.17. The number of amides is 1. The van der Waals surface area contributed by atoms with Gasteiger partial charge in [0.15, 0.2) is 0 Å². The number of hydrogen-bond donors (Lipinski definition) is 1. The van der Waals surface area contributed by atoms with Crippen LogP contribution in [0.15, 0.2) is 36.5 Å². The maximum absolute atomic E-state index is 12.9. The van der Waals surface area contributed by atoms with Gasteiger partial charge < -0.3 is 5.32 Å². The first-order valence-electron chi connectivity index (χ1n) is 6.21. The predicted molar refractivity (Wildman–Crippen MR) is 76.4 cm³/mol. The quantitative estimate of drug-likeness (QED) is 0.940. The standard InChI is InChI=1S/C15H14ClFN2O/c1-10-13(3-2-7-18-10)15(20)19-8-6-11-4-5-12(17)9-14(11)16/h2-5,7,9H,6,8H2,1H3,(H,19,20). The van der Waals surface area contributed by atoms with Gasteiger partial charge >= 0.3 is 0 Å². The van der Waals surface area contributed by atoms with Gasteiger partial charge in [0, 0.05) is 23.5 Å². The Balaban J connectivity index is 1.93. The Morgan fingerprint density at radius 3 is 2.90 bits per heavy atom. The maximum Gasteiger partial charge on any atom is 0.253 e. The molecule has 2 aromatic rings. The van der Waals surface area contributed by atoms with Gasteiger partial charge in [-0.05, 0) is 43.2 Å². The van der Waals surface area contributed by atoms with E-state index in [4.69, 9.17) is 11.6 Å². The molecule has 0 bridgehead atoms. The molecule has 0 aliphatic rings. The van der Waals surface area contributed by atoms with Gasteiger partial charge in [0.1, 0.15) is 5.82 Å². The van der Waals surface area contributed by atoms with Crippen LogP contribution < -0.4 is 5.32 Å². The molecule has 0 radical (unpaired) electrons. The Morgan fingerprint density at radius 1 is 1.40 bits per heavy atom. The number of nitrogens with zero attached hydrogens (tertiary/aromatic N) is 1. The molecule has 0 atom stereocenters. The van der Waals surface area contributed by atoms with E-state index >= 15 is 0 Å². The molecule has 1 aromatic carbocycles. The number of aryl methyl sites for hydroxylation is 1. The van der Waals surface area contributed by atoms with E-state index in [0.29, 0.717) is 29.2 Å². The molecule has 1 amide bonds. The summed E-state index contributed by atoms with van der Waals surface area (Å²) in [6.45, 7) is 2.21. The van der Waals surface area contributed by atoms with E-state index in [1.165, 1.54) is 12.1 Å². The lowest BCUT2D eigenvalue weighted by Crippen LogP contribution is -2.26. The Bertz CT molecular complexity index is 631.